The van der Waals surface area contributed by atoms with Crippen molar-refractivity contribution in [1.82, 2.24) is 5.32 Å². The van der Waals surface area contributed by atoms with Crippen LogP contribution in [0.4, 0.5) is 5.69 Å². The van der Waals surface area contributed by atoms with E-state index in [-0.39, 0.29) is 30.0 Å². The number of nitro groups is 1. The van der Waals surface area contributed by atoms with Gasteiger partial charge in [-0.15, -0.1) is 11.8 Å². The van der Waals surface area contributed by atoms with Gasteiger partial charge < -0.3 is 19.9 Å². The minimum absolute atomic E-state index is 0.142. The molecule has 2 aromatic carbocycles. The standard InChI is InChI=1S/C29H34N2O7S/c1-4-24-27(28(33)37-3)26(21-9-5-10-22(18-21)31(35)36)25(19(2)30-24)29(34)38-16-7-17-39-23-13-11-20(12-14-23)8-6-15-32/h5,9-14,18,26,30,32H,4,6-8,15-17H2,1-3H3. The van der Waals surface area contributed by atoms with Gasteiger partial charge in [0.2, 0.25) is 0 Å². The molecule has 0 aliphatic carbocycles. The number of benzene rings is 2. The van der Waals surface area contributed by atoms with Crippen LogP contribution >= 0.6 is 11.8 Å². The second-order valence-electron chi connectivity index (χ2n) is 9.00. The van der Waals surface area contributed by atoms with Gasteiger partial charge in [-0.25, -0.2) is 9.59 Å². The summed E-state index contributed by atoms with van der Waals surface area (Å²) in [5.74, 6) is -1.35. The van der Waals surface area contributed by atoms with Crippen molar-refractivity contribution in [3.63, 3.8) is 0 Å². The molecule has 0 saturated heterocycles. The molecule has 0 fully saturated rings. The molecule has 1 aliphatic heterocycles. The van der Waals surface area contributed by atoms with E-state index in [1.54, 1.807) is 24.8 Å². The Hall–Kier alpha value is -3.63. The number of ether oxygens (including phenoxy) is 2. The summed E-state index contributed by atoms with van der Waals surface area (Å²) in [6.07, 6.45) is 2.66. The van der Waals surface area contributed by atoms with Crippen LogP contribution in [0.5, 0.6) is 0 Å². The summed E-state index contributed by atoms with van der Waals surface area (Å²) in [6.45, 7) is 3.95. The molecule has 0 saturated carbocycles. The molecule has 0 radical (unpaired) electrons. The molecule has 1 aliphatic rings. The topological polar surface area (TPSA) is 128 Å². The zero-order chi connectivity index (χ0) is 28.4. The van der Waals surface area contributed by atoms with Gasteiger partial charge >= 0.3 is 11.9 Å². The van der Waals surface area contributed by atoms with Gasteiger partial charge in [0.25, 0.3) is 5.69 Å². The number of aryl methyl sites for hydroxylation is 1. The van der Waals surface area contributed by atoms with Crippen LogP contribution in [0, 0.1) is 10.1 Å². The van der Waals surface area contributed by atoms with Crippen molar-refractivity contribution < 1.29 is 29.1 Å². The molecule has 2 aromatic rings. The van der Waals surface area contributed by atoms with Gasteiger partial charge in [0.15, 0.2) is 0 Å². The molecule has 39 heavy (non-hydrogen) atoms. The molecule has 0 bridgehead atoms. The Morgan fingerprint density at radius 2 is 1.85 bits per heavy atom. The summed E-state index contributed by atoms with van der Waals surface area (Å²) < 4.78 is 10.7. The van der Waals surface area contributed by atoms with Crippen molar-refractivity contribution in [2.45, 2.75) is 50.3 Å². The number of aliphatic hydroxyl groups excluding tert-OH is 1. The number of aliphatic hydroxyl groups is 1. The number of hydrogen-bond acceptors (Lipinski definition) is 9. The van der Waals surface area contributed by atoms with Gasteiger partial charge in [-0.3, -0.25) is 10.1 Å². The molecule has 1 heterocycles. The van der Waals surface area contributed by atoms with E-state index < -0.39 is 22.8 Å². The van der Waals surface area contributed by atoms with Crippen LogP contribution in [0.25, 0.3) is 0 Å². The van der Waals surface area contributed by atoms with Crippen molar-refractivity contribution in [2.75, 3.05) is 26.1 Å². The number of nitrogens with one attached hydrogen (secondary N) is 1. The summed E-state index contributed by atoms with van der Waals surface area (Å²) in [4.78, 5) is 38.3. The first-order valence-electron chi connectivity index (χ1n) is 12.8. The average Bonchev–Trinajstić information content (AvgIpc) is 2.95. The maximum Gasteiger partial charge on any atom is 0.336 e. The Morgan fingerprint density at radius 3 is 2.49 bits per heavy atom. The van der Waals surface area contributed by atoms with Crippen LogP contribution in [0.1, 0.15) is 50.2 Å². The quantitative estimate of drug-likeness (QED) is 0.115. The Balaban J connectivity index is 1.73. The highest BCUT2D eigenvalue weighted by Gasteiger charge is 2.38. The monoisotopic (exact) mass is 554 g/mol. The number of methoxy groups -OCH3 is 1. The van der Waals surface area contributed by atoms with E-state index in [0.29, 0.717) is 29.8 Å². The van der Waals surface area contributed by atoms with Gasteiger partial charge in [0, 0.05) is 40.8 Å². The second-order valence-corrected chi connectivity index (χ2v) is 10.2. The molecular formula is C29H34N2O7S. The number of hydrogen-bond donors (Lipinski definition) is 2. The predicted molar refractivity (Wildman–Crippen MR) is 149 cm³/mol. The van der Waals surface area contributed by atoms with E-state index in [1.165, 1.54) is 30.9 Å². The lowest BCUT2D eigenvalue weighted by atomic mass is 9.79. The van der Waals surface area contributed by atoms with Gasteiger partial charge in [-0.1, -0.05) is 31.2 Å². The highest BCUT2D eigenvalue weighted by Crippen LogP contribution is 2.40. The Kier molecular flexibility index (Phi) is 11.1. The van der Waals surface area contributed by atoms with Crippen molar-refractivity contribution >= 4 is 29.4 Å². The summed E-state index contributed by atoms with van der Waals surface area (Å²) >= 11 is 1.66. The van der Waals surface area contributed by atoms with Gasteiger partial charge in [0.1, 0.15) is 0 Å². The van der Waals surface area contributed by atoms with Crippen LogP contribution < -0.4 is 5.32 Å². The lowest BCUT2D eigenvalue weighted by Crippen LogP contribution is -2.33. The van der Waals surface area contributed by atoms with Gasteiger partial charge in [-0.2, -0.15) is 0 Å². The van der Waals surface area contributed by atoms with Crippen LogP contribution in [0.3, 0.4) is 0 Å². The largest absolute Gasteiger partial charge is 0.466 e. The van der Waals surface area contributed by atoms with Crippen molar-refractivity contribution in [3.8, 4) is 0 Å². The number of carbonyl (C=O) groups is 2. The summed E-state index contributed by atoms with van der Waals surface area (Å²) in [5, 5.41) is 23.6. The molecule has 0 spiro atoms. The van der Waals surface area contributed by atoms with E-state index in [4.69, 9.17) is 14.6 Å². The number of dihydropyridines is 1. The molecule has 2 N–H and O–H groups in total. The molecule has 0 aromatic heterocycles. The van der Waals surface area contributed by atoms with Crippen molar-refractivity contribution in [1.29, 1.82) is 0 Å². The normalized spacial score (nSPS) is 15.1. The summed E-state index contributed by atoms with van der Waals surface area (Å²) in [7, 11) is 1.26. The molecule has 3 rings (SSSR count). The first kappa shape index (κ1) is 29.9. The molecular weight excluding hydrogens is 520 g/mol. The number of thioether (sulfide) groups is 1. The van der Waals surface area contributed by atoms with Gasteiger partial charge in [-0.05, 0) is 55.9 Å². The van der Waals surface area contributed by atoms with E-state index in [1.807, 2.05) is 31.2 Å². The molecule has 10 heteroatoms. The number of esters is 2. The highest BCUT2D eigenvalue weighted by molar-refractivity contribution is 7.99. The van der Waals surface area contributed by atoms with Crippen LogP contribution in [-0.2, 0) is 25.5 Å². The van der Waals surface area contributed by atoms with E-state index >= 15 is 0 Å². The highest BCUT2D eigenvalue weighted by atomic mass is 32.2. The fourth-order valence-electron chi connectivity index (χ4n) is 4.48. The van der Waals surface area contributed by atoms with Crippen molar-refractivity contribution in [3.05, 3.63) is 92.3 Å². The maximum absolute atomic E-state index is 13.4. The fourth-order valence-corrected chi connectivity index (χ4v) is 5.30. The minimum atomic E-state index is -0.875. The number of carbonyl (C=O) groups excluding carboxylic acids is 2. The summed E-state index contributed by atoms with van der Waals surface area (Å²) in [5.41, 5.74) is 3.04. The number of nitrogens with zero attached hydrogens (tertiary/aromatic N) is 1. The van der Waals surface area contributed by atoms with E-state index in [0.717, 1.165) is 23.5 Å². The average molecular weight is 555 g/mol. The smallest absolute Gasteiger partial charge is 0.336 e. The Morgan fingerprint density at radius 1 is 1.10 bits per heavy atom. The Bertz CT molecular complexity index is 1250. The first-order chi connectivity index (χ1) is 18.8. The van der Waals surface area contributed by atoms with E-state index in [2.05, 4.69) is 5.32 Å². The second kappa shape index (κ2) is 14.5. The third-order valence-electron chi connectivity index (χ3n) is 6.38. The minimum Gasteiger partial charge on any atom is -0.466 e. The van der Waals surface area contributed by atoms with Gasteiger partial charge in [0.05, 0.1) is 35.7 Å². The van der Waals surface area contributed by atoms with Crippen LogP contribution in [0.15, 0.2) is 76.0 Å². The fraction of sp³-hybridized carbons (Fsp3) is 0.379. The Labute approximate surface area is 232 Å². The number of allylic oxidation sites excluding steroid dienone is 2. The molecule has 1 unspecified atom stereocenters. The lowest BCUT2D eigenvalue weighted by molar-refractivity contribution is -0.384. The third-order valence-corrected chi connectivity index (χ3v) is 7.47. The predicted octanol–water partition coefficient (Wildman–Crippen LogP) is 5.04. The number of nitro benzene ring substituents is 1. The lowest BCUT2D eigenvalue weighted by Gasteiger charge is -2.31. The summed E-state index contributed by atoms with van der Waals surface area (Å²) in [6, 6.07) is 14.1. The molecule has 0 amide bonds. The number of rotatable bonds is 13. The molecule has 1 atom stereocenters. The number of non-ortho nitro benzene ring substituents is 1. The van der Waals surface area contributed by atoms with Crippen LogP contribution in [0.2, 0.25) is 0 Å². The third kappa shape index (κ3) is 7.70. The molecule has 9 nitrogen and oxygen atoms in total. The first-order valence-corrected chi connectivity index (χ1v) is 13.8. The van der Waals surface area contributed by atoms with E-state index in [9.17, 15) is 19.7 Å². The maximum atomic E-state index is 13.4. The van der Waals surface area contributed by atoms with Crippen molar-refractivity contribution in [2.24, 2.45) is 0 Å². The SMILES string of the molecule is CCC1=C(C(=O)OC)C(c2cccc([N+](=O)[O-])c2)C(C(=O)OCCCSc2ccc(CCCO)cc2)=C(C)N1. The zero-order valence-electron chi connectivity index (χ0n) is 22.4. The molecule has 208 valence electrons. The zero-order valence-corrected chi connectivity index (χ0v) is 23.2. The van der Waals surface area contributed by atoms with Crippen LogP contribution in [-0.4, -0.2) is 48.0 Å².